The van der Waals surface area contributed by atoms with Crippen LogP contribution in [0.25, 0.3) is 6.08 Å². The van der Waals surface area contributed by atoms with Gasteiger partial charge in [-0.3, -0.25) is 9.59 Å². The molecule has 3 rings (SSSR count). The monoisotopic (exact) mass is 520 g/mol. The summed E-state index contributed by atoms with van der Waals surface area (Å²) in [4.78, 5) is 27.9. The molecule has 0 spiro atoms. The summed E-state index contributed by atoms with van der Waals surface area (Å²) < 4.78 is 10.9. The lowest BCUT2D eigenvalue weighted by Gasteiger charge is -2.13. The first kappa shape index (κ1) is 27.3. The number of rotatable bonds is 10. The second kappa shape index (κ2) is 13.1. The Bertz CT molecular complexity index is 1300. The van der Waals surface area contributed by atoms with E-state index in [9.17, 15) is 9.59 Å². The molecular weight excluding hydrogens is 492 g/mol. The molecule has 0 aliphatic carbocycles. The first-order valence-electron chi connectivity index (χ1n) is 11.5. The van der Waals surface area contributed by atoms with Crippen LogP contribution in [-0.2, 0) is 4.79 Å². The Labute approximate surface area is 221 Å². The third-order valence-corrected chi connectivity index (χ3v) is 5.53. The molecule has 192 valence electrons. The van der Waals surface area contributed by atoms with Crippen LogP contribution in [0.4, 0.5) is 5.69 Å². The summed E-state index contributed by atoms with van der Waals surface area (Å²) in [5.41, 5.74) is 5.12. The molecule has 3 aromatic rings. The molecule has 0 unspecified atom stereocenters. The molecule has 2 N–H and O–H groups in total. The predicted octanol–water partition coefficient (Wildman–Crippen LogP) is 4.73. The molecule has 0 atom stereocenters. The van der Waals surface area contributed by atoms with Gasteiger partial charge in [0.1, 0.15) is 5.70 Å². The van der Waals surface area contributed by atoms with Gasteiger partial charge in [0.2, 0.25) is 0 Å². The lowest BCUT2D eigenvalue weighted by atomic mass is 10.1. The molecule has 37 heavy (non-hydrogen) atoms. The van der Waals surface area contributed by atoms with Crippen LogP contribution in [-0.4, -0.2) is 45.8 Å². The predicted molar refractivity (Wildman–Crippen MR) is 148 cm³/mol. The molecule has 0 aliphatic heterocycles. The topological polar surface area (TPSA) is 92.3 Å². The Morgan fingerprint density at radius 3 is 2.35 bits per heavy atom. The maximum Gasteiger partial charge on any atom is 0.287 e. The van der Waals surface area contributed by atoms with Crippen molar-refractivity contribution < 1.29 is 19.1 Å². The summed E-state index contributed by atoms with van der Waals surface area (Å²) in [6.45, 7) is 2.39. The number of methoxy groups -OCH3 is 1. The van der Waals surface area contributed by atoms with Crippen molar-refractivity contribution in [3.63, 3.8) is 0 Å². The largest absolute Gasteiger partial charge is 0.493 e. The molecule has 3 aromatic carbocycles. The minimum atomic E-state index is -0.605. The summed E-state index contributed by atoms with van der Waals surface area (Å²) >= 11 is 6.17. The van der Waals surface area contributed by atoms with Gasteiger partial charge in [-0.1, -0.05) is 35.9 Å². The summed E-state index contributed by atoms with van der Waals surface area (Å²) in [5.74, 6) is 0.0354. The molecule has 0 fully saturated rings. The first-order valence-corrected chi connectivity index (χ1v) is 11.9. The smallest absolute Gasteiger partial charge is 0.287 e. The number of amides is 2. The fourth-order valence-electron chi connectivity index (χ4n) is 3.29. The van der Waals surface area contributed by atoms with Crippen LogP contribution < -0.4 is 25.1 Å². The molecule has 0 saturated carbocycles. The summed E-state index contributed by atoms with van der Waals surface area (Å²) in [5, 5.41) is 6.97. The summed E-state index contributed by atoms with van der Waals surface area (Å²) in [7, 11) is 5.42. The van der Waals surface area contributed by atoms with Crippen molar-refractivity contribution >= 4 is 41.4 Å². The number of nitrogens with one attached hydrogen (secondary N) is 2. The van der Waals surface area contributed by atoms with E-state index in [0.717, 1.165) is 11.3 Å². The van der Waals surface area contributed by atoms with Crippen LogP contribution in [0.3, 0.4) is 0 Å². The van der Waals surface area contributed by atoms with Crippen molar-refractivity contribution in [3.8, 4) is 11.5 Å². The number of hydrogen-bond donors (Lipinski definition) is 2. The highest BCUT2D eigenvalue weighted by Crippen LogP contribution is 2.27. The highest BCUT2D eigenvalue weighted by molar-refractivity contribution is 6.34. The zero-order valence-electron chi connectivity index (χ0n) is 21.1. The molecule has 2 amide bonds. The number of halogens is 1. The molecule has 9 heteroatoms. The van der Waals surface area contributed by atoms with Gasteiger partial charge in [-0.05, 0) is 66.6 Å². The first-order chi connectivity index (χ1) is 17.8. The quantitative estimate of drug-likeness (QED) is 0.229. The average molecular weight is 521 g/mol. The standard InChI is InChI=1S/C28H29ClN4O4/c1-5-37-25-15-12-20(17-26(25)36-4)18-30-32-28(35)24(16-19-10-13-21(14-11-19)33(2)3)31-27(34)22-8-6-7-9-23(22)29/h6-18H,5H2,1-4H3,(H,31,34)(H,32,35)/b24-16+,30-18-. The van der Waals surface area contributed by atoms with Gasteiger partial charge in [-0.15, -0.1) is 0 Å². The Kier molecular flexibility index (Phi) is 9.69. The maximum absolute atomic E-state index is 13.0. The number of carbonyl (C=O) groups is 2. The lowest BCUT2D eigenvalue weighted by Crippen LogP contribution is -2.33. The minimum Gasteiger partial charge on any atom is -0.493 e. The molecule has 8 nitrogen and oxygen atoms in total. The van der Waals surface area contributed by atoms with E-state index in [1.54, 1.807) is 55.7 Å². The Morgan fingerprint density at radius 2 is 1.70 bits per heavy atom. The number of nitrogens with zero attached hydrogens (tertiary/aromatic N) is 2. The Hall–Kier alpha value is -4.30. The van der Waals surface area contributed by atoms with E-state index < -0.39 is 11.8 Å². The SMILES string of the molecule is CCOc1ccc(/C=N\NC(=O)/C(=C\c2ccc(N(C)C)cc2)NC(=O)c2ccccc2Cl)cc1OC. The Morgan fingerprint density at radius 1 is 1.00 bits per heavy atom. The van der Waals surface area contributed by atoms with Crippen molar-refractivity contribution in [1.29, 1.82) is 0 Å². The van der Waals surface area contributed by atoms with Gasteiger partial charge in [0.25, 0.3) is 11.8 Å². The highest BCUT2D eigenvalue weighted by atomic mass is 35.5. The zero-order chi connectivity index (χ0) is 26.8. The third-order valence-electron chi connectivity index (χ3n) is 5.20. The van der Waals surface area contributed by atoms with E-state index in [0.29, 0.717) is 23.7 Å². The highest BCUT2D eigenvalue weighted by Gasteiger charge is 2.16. The number of ether oxygens (including phenoxy) is 2. The van der Waals surface area contributed by atoms with Gasteiger partial charge < -0.3 is 19.7 Å². The third kappa shape index (κ3) is 7.59. The Balaban J connectivity index is 1.83. The van der Waals surface area contributed by atoms with Crippen molar-refractivity contribution in [1.82, 2.24) is 10.7 Å². The normalized spacial score (nSPS) is 11.2. The maximum atomic E-state index is 13.0. The zero-order valence-corrected chi connectivity index (χ0v) is 21.9. The molecule has 0 aliphatic rings. The summed E-state index contributed by atoms with van der Waals surface area (Å²) in [6, 6.07) is 19.4. The van der Waals surface area contributed by atoms with E-state index >= 15 is 0 Å². The van der Waals surface area contributed by atoms with Crippen molar-refractivity contribution in [2.45, 2.75) is 6.92 Å². The van der Waals surface area contributed by atoms with Crippen molar-refractivity contribution in [2.75, 3.05) is 32.7 Å². The molecule has 0 radical (unpaired) electrons. The van der Waals surface area contributed by atoms with Gasteiger partial charge in [-0.2, -0.15) is 5.10 Å². The van der Waals surface area contributed by atoms with Gasteiger partial charge >= 0.3 is 0 Å². The van der Waals surface area contributed by atoms with E-state index in [-0.39, 0.29) is 16.3 Å². The molecular formula is C28H29ClN4O4. The summed E-state index contributed by atoms with van der Waals surface area (Å²) in [6.07, 6.45) is 3.04. The van der Waals surface area contributed by atoms with Crippen molar-refractivity contribution in [3.05, 3.63) is 94.1 Å². The number of benzene rings is 3. The molecule has 0 saturated heterocycles. The van der Waals surface area contributed by atoms with E-state index in [1.165, 1.54) is 6.21 Å². The van der Waals surface area contributed by atoms with Crippen LogP contribution >= 0.6 is 11.6 Å². The van der Waals surface area contributed by atoms with Crippen LogP contribution in [0, 0.1) is 0 Å². The number of anilines is 1. The van der Waals surface area contributed by atoms with Crippen LogP contribution in [0.5, 0.6) is 11.5 Å². The second-order valence-electron chi connectivity index (χ2n) is 8.02. The number of hydrazone groups is 1. The fourth-order valence-corrected chi connectivity index (χ4v) is 3.52. The minimum absolute atomic E-state index is 0.00365. The van der Waals surface area contributed by atoms with E-state index in [2.05, 4.69) is 15.8 Å². The average Bonchev–Trinajstić information content (AvgIpc) is 2.89. The van der Waals surface area contributed by atoms with Gasteiger partial charge in [0.15, 0.2) is 11.5 Å². The van der Waals surface area contributed by atoms with E-state index in [4.69, 9.17) is 21.1 Å². The van der Waals surface area contributed by atoms with Gasteiger partial charge in [0.05, 0.1) is 30.5 Å². The van der Waals surface area contributed by atoms with Crippen LogP contribution in [0.2, 0.25) is 5.02 Å². The lowest BCUT2D eigenvalue weighted by molar-refractivity contribution is -0.117. The second-order valence-corrected chi connectivity index (χ2v) is 8.43. The molecule has 0 aromatic heterocycles. The van der Waals surface area contributed by atoms with Crippen LogP contribution in [0.1, 0.15) is 28.4 Å². The molecule has 0 bridgehead atoms. The number of carbonyl (C=O) groups excluding carboxylic acids is 2. The molecule has 0 heterocycles. The van der Waals surface area contributed by atoms with Crippen LogP contribution in [0.15, 0.2) is 77.5 Å². The van der Waals surface area contributed by atoms with Crippen molar-refractivity contribution in [2.24, 2.45) is 5.10 Å². The number of hydrogen-bond acceptors (Lipinski definition) is 6. The fraction of sp³-hybridized carbons (Fsp3) is 0.179. The van der Waals surface area contributed by atoms with Gasteiger partial charge in [-0.25, -0.2) is 5.43 Å². The van der Waals surface area contributed by atoms with E-state index in [1.807, 2.05) is 50.2 Å². The van der Waals surface area contributed by atoms with Gasteiger partial charge in [0, 0.05) is 19.8 Å².